The summed E-state index contributed by atoms with van der Waals surface area (Å²) in [4.78, 5) is 3.68. The Bertz CT molecular complexity index is 789. The number of hydrogen-bond donors (Lipinski definition) is 2. The van der Waals surface area contributed by atoms with E-state index in [4.69, 9.17) is 23.8 Å². The molecular formula is C17H16ClF4N3S. The second kappa shape index (κ2) is 7.75. The Labute approximate surface area is 158 Å². The number of anilines is 1. The van der Waals surface area contributed by atoms with Gasteiger partial charge in [-0.2, -0.15) is 13.2 Å². The monoisotopic (exact) mass is 405 g/mol. The minimum Gasteiger partial charge on any atom is -0.362 e. The SMILES string of the molecule is CC(C)(CNC(=S)Nc1ncccc1C(F)(F)F)c1c(F)cccc1Cl. The van der Waals surface area contributed by atoms with Gasteiger partial charge in [-0.05, 0) is 36.5 Å². The summed E-state index contributed by atoms with van der Waals surface area (Å²) in [7, 11) is 0. The zero-order chi connectivity index (χ0) is 19.5. The van der Waals surface area contributed by atoms with E-state index in [-0.39, 0.29) is 16.7 Å². The van der Waals surface area contributed by atoms with Crippen molar-refractivity contribution >= 4 is 34.7 Å². The van der Waals surface area contributed by atoms with E-state index in [1.165, 1.54) is 24.4 Å². The van der Waals surface area contributed by atoms with Crippen LogP contribution in [0.2, 0.25) is 5.02 Å². The van der Waals surface area contributed by atoms with Gasteiger partial charge in [-0.3, -0.25) is 0 Å². The fourth-order valence-corrected chi connectivity index (χ4v) is 3.01. The molecule has 26 heavy (non-hydrogen) atoms. The molecule has 0 fully saturated rings. The minimum atomic E-state index is -4.56. The van der Waals surface area contributed by atoms with E-state index >= 15 is 0 Å². The number of nitrogens with zero attached hydrogens (tertiary/aromatic N) is 1. The van der Waals surface area contributed by atoms with Gasteiger partial charge < -0.3 is 10.6 Å². The first-order chi connectivity index (χ1) is 12.0. The molecule has 9 heteroatoms. The van der Waals surface area contributed by atoms with Gasteiger partial charge in [0.2, 0.25) is 0 Å². The van der Waals surface area contributed by atoms with Crippen LogP contribution in [0, 0.1) is 5.82 Å². The highest BCUT2D eigenvalue weighted by Crippen LogP contribution is 2.34. The molecule has 0 radical (unpaired) electrons. The summed E-state index contributed by atoms with van der Waals surface area (Å²) in [6.45, 7) is 3.64. The maximum atomic E-state index is 14.1. The van der Waals surface area contributed by atoms with E-state index < -0.39 is 28.8 Å². The van der Waals surface area contributed by atoms with Crippen molar-refractivity contribution in [3.05, 3.63) is 58.5 Å². The average molecular weight is 406 g/mol. The molecule has 140 valence electrons. The number of pyridine rings is 1. The summed E-state index contributed by atoms with van der Waals surface area (Å²) in [5, 5.41) is 5.43. The van der Waals surface area contributed by atoms with Crippen LogP contribution in [-0.2, 0) is 11.6 Å². The highest BCUT2D eigenvalue weighted by molar-refractivity contribution is 7.80. The van der Waals surface area contributed by atoms with Crippen molar-refractivity contribution in [1.82, 2.24) is 10.3 Å². The smallest absolute Gasteiger partial charge is 0.362 e. The molecule has 3 nitrogen and oxygen atoms in total. The van der Waals surface area contributed by atoms with Crippen molar-refractivity contribution in [2.45, 2.75) is 25.4 Å². The highest BCUT2D eigenvalue weighted by Gasteiger charge is 2.34. The van der Waals surface area contributed by atoms with Crippen molar-refractivity contribution in [2.75, 3.05) is 11.9 Å². The first-order valence-electron chi connectivity index (χ1n) is 7.54. The van der Waals surface area contributed by atoms with Crippen molar-refractivity contribution in [2.24, 2.45) is 0 Å². The van der Waals surface area contributed by atoms with E-state index in [2.05, 4.69) is 15.6 Å². The Morgan fingerprint density at radius 3 is 2.50 bits per heavy atom. The molecule has 0 unspecified atom stereocenters. The first-order valence-corrected chi connectivity index (χ1v) is 8.32. The van der Waals surface area contributed by atoms with Gasteiger partial charge in [-0.25, -0.2) is 9.37 Å². The number of aromatic nitrogens is 1. The van der Waals surface area contributed by atoms with Crippen molar-refractivity contribution < 1.29 is 17.6 Å². The van der Waals surface area contributed by atoms with E-state index in [0.717, 1.165) is 6.07 Å². The molecule has 0 aliphatic rings. The molecule has 0 aliphatic carbocycles. The zero-order valence-electron chi connectivity index (χ0n) is 13.9. The molecule has 0 bridgehead atoms. The van der Waals surface area contributed by atoms with Gasteiger partial charge in [0.15, 0.2) is 5.11 Å². The summed E-state index contributed by atoms with van der Waals surface area (Å²) in [6, 6.07) is 6.45. The maximum absolute atomic E-state index is 14.1. The predicted molar refractivity (Wildman–Crippen MR) is 97.9 cm³/mol. The molecular weight excluding hydrogens is 390 g/mol. The minimum absolute atomic E-state index is 0.0604. The van der Waals surface area contributed by atoms with Gasteiger partial charge in [-0.15, -0.1) is 0 Å². The molecule has 2 aromatic rings. The molecule has 0 saturated heterocycles. The van der Waals surface area contributed by atoms with Crippen LogP contribution in [0.15, 0.2) is 36.5 Å². The van der Waals surface area contributed by atoms with Gasteiger partial charge in [0.25, 0.3) is 0 Å². The summed E-state index contributed by atoms with van der Waals surface area (Å²) in [6.07, 6.45) is -3.34. The lowest BCUT2D eigenvalue weighted by atomic mass is 9.84. The predicted octanol–water partition coefficient (Wildman–Crippen LogP) is 5.16. The first kappa shape index (κ1) is 20.4. The zero-order valence-corrected chi connectivity index (χ0v) is 15.5. The second-order valence-corrected chi connectivity index (χ2v) is 7.00. The standard InChI is InChI=1S/C17H16ClF4N3S/c1-16(2,13-11(18)6-3-7-12(13)19)9-24-15(26)25-14-10(17(20,21)22)5-4-8-23-14/h3-8H,9H2,1-2H3,(H2,23,24,25,26). The molecule has 2 rings (SSSR count). The molecule has 2 N–H and O–H groups in total. The largest absolute Gasteiger partial charge is 0.419 e. The van der Waals surface area contributed by atoms with Crippen LogP contribution in [0.25, 0.3) is 0 Å². The lowest BCUT2D eigenvalue weighted by Gasteiger charge is -2.28. The third-order valence-corrected chi connectivity index (χ3v) is 4.24. The Hall–Kier alpha value is -1.93. The number of nitrogens with one attached hydrogen (secondary N) is 2. The molecule has 1 aromatic heterocycles. The van der Waals surface area contributed by atoms with Gasteiger partial charge >= 0.3 is 6.18 Å². The molecule has 0 amide bonds. The summed E-state index contributed by atoms with van der Waals surface area (Å²) < 4.78 is 53.1. The van der Waals surface area contributed by atoms with Crippen LogP contribution in [0.4, 0.5) is 23.4 Å². The average Bonchev–Trinajstić information content (AvgIpc) is 2.52. The summed E-state index contributed by atoms with van der Waals surface area (Å²) in [5.41, 5.74) is -1.39. The van der Waals surface area contributed by atoms with Gasteiger partial charge in [0, 0.05) is 28.7 Å². The molecule has 0 atom stereocenters. The van der Waals surface area contributed by atoms with Crippen LogP contribution in [0.1, 0.15) is 25.0 Å². The van der Waals surface area contributed by atoms with Crippen LogP contribution in [0.3, 0.4) is 0 Å². The second-order valence-electron chi connectivity index (χ2n) is 6.19. The van der Waals surface area contributed by atoms with Crippen molar-refractivity contribution in [3.63, 3.8) is 0 Å². The van der Waals surface area contributed by atoms with Crippen LogP contribution < -0.4 is 10.6 Å². The molecule has 1 aromatic carbocycles. The van der Waals surface area contributed by atoms with Gasteiger partial charge in [-0.1, -0.05) is 31.5 Å². The Balaban J connectivity index is 2.10. The number of alkyl halides is 3. The normalized spacial score (nSPS) is 12.0. The quantitative estimate of drug-likeness (QED) is 0.544. The van der Waals surface area contributed by atoms with Crippen molar-refractivity contribution in [3.8, 4) is 0 Å². The third-order valence-electron chi connectivity index (χ3n) is 3.68. The number of halogens is 5. The fourth-order valence-electron chi connectivity index (χ4n) is 2.42. The Morgan fingerprint density at radius 1 is 1.19 bits per heavy atom. The van der Waals surface area contributed by atoms with Crippen LogP contribution >= 0.6 is 23.8 Å². The molecule has 1 heterocycles. The molecule has 0 aliphatic heterocycles. The third kappa shape index (κ3) is 4.82. The van der Waals surface area contributed by atoms with E-state index in [0.29, 0.717) is 5.56 Å². The van der Waals surface area contributed by atoms with Gasteiger partial charge in [0.1, 0.15) is 11.6 Å². The number of hydrogen-bond acceptors (Lipinski definition) is 2. The van der Waals surface area contributed by atoms with Crippen LogP contribution in [0.5, 0.6) is 0 Å². The summed E-state index contributed by atoms with van der Waals surface area (Å²) >= 11 is 11.1. The molecule has 0 spiro atoms. The number of thiocarbonyl (C=S) groups is 1. The maximum Gasteiger partial charge on any atom is 0.419 e. The fraction of sp³-hybridized carbons (Fsp3) is 0.294. The lowest BCUT2D eigenvalue weighted by molar-refractivity contribution is -0.137. The van der Waals surface area contributed by atoms with Gasteiger partial charge in [0.05, 0.1) is 5.56 Å². The Morgan fingerprint density at radius 2 is 1.88 bits per heavy atom. The summed E-state index contributed by atoms with van der Waals surface area (Å²) in [5.74, 6) is -0.869. The number of benzene rings is 1. The van der Waals surface area contributed by atoms with E-state index in [1.807, 2.05) is 0 Å². The topological polar surface area (TPSA) is 37.0 Å². The lowest BCUT2D eigenvalue weighted by Crippen LogP contribution is -2.39. The molecule has 0 saturated carbocycles. The number of rotatable bonds is 4. The van der Waals surface area contributed by atoms with E-state index in [1.54, 1.807) is 19.9 Å². The van der Waals surface area contributed by atoms with Crippen molar-refractivity contribution in [1.29, 1.82) is 0 Å². The highest BCUT2D eigenvalue weighted by atomic mass is 35.5. The van der Waals surface area contributed by atoms with E-state index in [9.17, 15) is 17.6 Å². The Kier molecular flexibility index (Phi) is 6.08. The van der Waals surface area contributed by atoms with Crippen LogP contribution in [-0.4, -0.2) is 16.6 Å².